The molecule has 59 heavy (non-hydrogen) atoms. The van der Waals surface area contributed by atoms with Gasteiger partial charge in [0, 0.05) is 88.1 Å². The van der Waals surface area contributed by atoms with E-state index in [0.29, 0.717) is 11.5 Å². The first-order valence-electron chi connectivity index (χ1n) is 19.3. The maximum absolute atomic E-state index is 6.20. The minimum Gasteiger partial charge on any atom is -0.464 e. The van der Waals surface area contributed by atoms with E-state index in [4.69, 9.17) is 19.5 Å². The van der Waals surface area contributed by atoms with Crippen molar-refractivity contribution in [3.05, 3.63) is 146 Å². The Balaban J connectivity index is 1.31. The number of H-pyrrole nitrogens is 5. The van der Waals surface area contributed by atoms with E-state index in [-0.39, 0.29) is 0 Å². The number of aromatic amines is 5. The van der Waals surface area contributed by atoms with Crippen LogP contribution < -0.4 is 0 Å². The Labute approximate surface area is 337 Å². The van der Waals surface area contributed by atoms with Gasteiger partial charge < -0.3 is 24.4 Å². The summed E-state index contributed by atoms with van der Waals surface area (Å²) in [4.78, 5) is 30.7. The van der Waals surface area contributed by atoms with E-state index < -0.39 is 0 Å². The number of nitrogens with zero attached hydrogens (tertiary/aromatic N) is 4. The minimum absolute atomic E-state index is 0.537. The number of furan rings is 1. The minimum atomic E-state index is 0.537. The van der Waals surface area contributed by atoms with Crippen LogP contribution in [0, 0.1) is 0 Å². The number of thiophene rings is 1. The third-order valence-corrected chi connectivity index (χ3v) is 12.6. The van der Waals surface area contributed by atoms with Crippen molar-refractivity contribution < 1.29 is 4.42 Å². The molecule has 5 N–H and O–H groups in total. The standard InChI is InChI=1S/C48H29N9OS/c1-4-11-28-27(10-1)22-49-45(28)43-41(33-20-25-8-2-5-12-30(25)54-33)40(32-17-18-53-57-32)42-39-31(55-46(42)44(43)48-50-23-34-47(56-48)52-24-51-34)16-15-29(35-13-7-19-58-35)38(39)37-21-26-9-3-6-14-36(26)59-37/h1-24,49,54-55H,(H,53,57)(H,50,51,52,56). The lowest BCUT2D eigenvalue weighted by Gasteiger charge is -2.20. The number of rotatable bonds is 6. The Kier molecular flexibility index (Phi) is 6.66. The third kappa shape index (κ3) is 4.73. The Bertz CT molecular complexity index is 3680. The number of benzene rings is 5. The summed E-state index contributed by atoms with van der Waals surface area (Å²) < 4.78 is 7.40. The second kappa shape index (κ2) is 12.2. The summed E-state index contributed by atoms with van der Waals surface area (Å²) in [5.41, 5.74) is 12.6. The highest BCUT2D eigenvalue weighted by molar-refractivity contribution is 7.22. The van der Waals surface area contributed by atoms with Gasteiger partial charge in [-0.05, 0) is 65.4 Å². The van der Waals surface area contributed by atoms with E-state index in [9.17, 15) is 0 Å². The molecular weight excluding hydrogens is 751 g/mol. The number of hydrogen-bond acceptors (Lipinski definition) is 6. The Morgan fingerprint density at radius 2 is 1.51 bits per heavy atom. The monoisotopic (exact) mass is 779 g/mol. The van der Waals surface area contributed by atoms with Crippen LogP contribution in [0.4, 0.5) is 0 Å². The number of fused-ring (bicyclic) bond motifs is 7. The number of imidazole rings is 1. The predicted molar refractivity (Wildman–Crippen MR) is 237 cm³/mol. The molecule has 13 aromatic rings. The molecule has 0 bridgehead atoms. The van der Waals surface area contributed by atoms with Crippen molar-refractivity contribution in [2.24, 2.45) is 0 Å². The molecule has 5 aromatic carbocycles. The zero-order valence-corrected chi connectivity index (χ0v) is 31.8. The molecule has 0 unspecified atom stereocenters. The van der Waals surface area contributed by atoms with E-state index in [2.05, 4.69) is 139 Å². The predicted octanol–water partition coefficient (Wildman–Crippen LogP) is 12.5. The first kappa shape index (κ1) is 32.1. The van der Waals surface area contributed by atoms with Gasteiger partial charge in [-0.3, -0.25) is 5.10 Å². The summed E-state index contributed by atoms with van der Waals surface area (Å²) >= 11 is 1.78. The molecular formula is C48H29N9OS. The molecule has 0 radical (unpaired) electrons. The van der Waals surface area contributed by atoms with Crippen LogP contribution in [0.15, 0.2) is 151 Å². The molecule has 0 aliphatic heterocycles. The molecule has 10 nitrogen and oxygen atoms in total. The van der Waals surface area contributed by atoms with Gasteiger partial charge in [0.1, 0.15) is 11.3 Å². The average Bonchev–Trinajstić information content (AvgIpc) is 4.13. The maximum atomic E-state index is 6.20. The van der Waals surface area contributed by atoms with Gasteiger partial charge >= 0.3 is 0 Å². The van der Waals surface area contributed by atoms with Crippen molar-refractivity contribution in [1.82, 2.24) is 45.1 Å². The van der Waals surface area contributed by atoms with Crippen LogP contribution in [0.2, 0.25) is 0 Å². The molecule has 278 valence electrons. The summed E-state index contributed by atoms with van der Waals surface area (Å²) in [5.74, 6) is 1.32. The largest absolute Gasteiger partial charge is 0.464 e. The summed E-state index contributed by atoms with van der Waals surface area (Å²) in [7, 11) is 0. The van der Waals surface area contributed by atoms with Gasteiger partial charge in [0.25, 0.3) is 0 Å². The zero-order valence-electron chi connectivity index (χ0n) is 31.0. The van der Waals surface area contributed by atoms with Crippen LogP contribution in [0.5, 0.6) is 0 Å². The Hall–Kier alpha value is -8.02. The average molecular weight is 780 g/mol. The number of hydrogen-bond donors (Lipinski definition) is 5. The van der Waals surface area contributed by atoms with E-state index >= 15 is 0 Å². The molecule has 8 aromatic heterocycles. The Morgan fingerprint density at radius 1 is 0.627 bits per heavy atom. The lowest BCUT2D eigenvalue weighted by atomic mass is 9.84. The fourth-order valence-corrected chi connectivity index (χ4v) is 10.1. The molecule has 0 atom stereocenters. The normalized spacial score (nSPS) is 12.1. The highest BCUT2D eigenvalue weighted by Crippen LogP contribution is 2.55. The van der Waals surface area contributed by atoms with Crippen molar-refractivity contribution in [3.8, 4) is 66.9 Å². The molecule has 0 saturated carbocycles. The molecule has 0 aliphatic carbocycles. The van der Waals surface area contributed by atoms with Crippen LogP contribution >= 0.6 is 11.3 Å². The molecule has 0 amide bonds. The van der Waals surface area contributed by atoms with Gasteiger partial charge in [0.2, 0.25) is 0 Å². The summed E-state index contributed by atoms with van der Waals surface area (Å²) in [6, 6.07) is 40.3. The quantitative estimate of drug-likeness (QED) is 0.114. The lowest BCUT2D eigenvalue weighted by Crippen LogP contribution is -2.00. The van der Waals surface area contributed by atoms with E-state index in [1.54, 1.807) is 23.9 Å². The van der Waals surface area contributed by atoms with E-state index in [0.717, 1.165) is 110 Å². The fourth-order valence-electron chi connectivity index (χ4n) is 8.97. The van der Waals surface area contributed by atoms with Crippen molar-refractivity contribution in [2.45, 2.75) is 0 Å². The second-order valence-corrected chi connectivity index (χ2v) is 15.8. The van der Waals surface area contributed by atoms with Crippen LogP contribution in [0.25, 0.3) is 132 Å². The first-order valence-corrected chi connectivity index (χ1v) is 20.1. The van der Waals surface area contributed by atoms with Crippen LogP contribution in [-0.4, -0.2) is 45.1 Å². The van der Waals surface area contributed by atoms with Crippen LogP contribution in [0.1, 0.15) is 0 Å². The van der Waals surface area contributed by atoms with E-state index in [1.165, 1.54) is 10.1 Å². The van der Waals surface area contributed by atoms with Gasteiger partial charge in [-0.1, -0.05) is 60.7 Å². The molecule has 0 fully saturated rings. The van der Waals surface area contributed by atoms with Crippen molar-refractivity contribution in [3.63, 3.8) is 0 Å². The number of para-hydroxylation sites is 1. The SMILES string of the molecule is c1coc(-c2ccc3[nH]c4c(-c5ncc6[nH]cnc6n5)c(-c5[nH]cc6ccccc56)c(-c5cc6ccccc6[nH]5)c(-c5cc[nH]n5)c4c3c2-c2cc3ccccc3s2)c1. The summed E-state index contributed by atoms with van der Waals surface area (Å²) in [5, 5.41) is 14.6. The third-order valence-electron chi connectivity index (χ3n) is 11.5. The summed E-state index contributed by atoms with van der Waals surface area (Å²) in [6.45, 7) is 0. The van der Waals surface area contributed by atoms with E-state index in [1.807, 2.05) is 24.5 Å². The number of nitrogens with one attached hydrogen (secondary N) is 5. The smallest absolute Gasteiger partial charge is 0.181 e. The van der Waals surface area contributed by atoms with Gasteiger partial charge in [-0.2, -0.15) is 5.10 Å². The molecule has 13 rings (SSSR count). The molecule has 0 spiro atoms. The Morgan fingerprint density at radius 3 is 2.37 bits per heavy atom. The highest BCUT2D eigenvalue weighted by atomic mass is 32.1. The van der Waals surface area contributed by atoms with Gasteiger partial charge in [-0.25, -0.2) is 15.0 Å². The van der Waals surface area contributed by atoms with Crippen molar-refractivity contribution in [1.29, 1.82) is 0 Å². The number of aromatic nitrogens is 9. The van der Waals surface area contributed by atoms with Gasteiger partial charge in [-0.15, -0.1) is 11.3 Å². The zero-order chi connectivity index (χ0) is 38.6. The maximum Gasteiger partial charge on any atom is 0.181 e. The summed E-state index contributed by atoms with van der Waals surface area (Å²) in [6.07, 6.45) is 9.17. The van der Waals surface area contributed by atoms with Crippen molar-refractivity contribution >= 4 is 76.1 Å². The molecule has 11 heteroatoms. The molecule has 0 saturated heterocycles. The topological polar surface area (TPSA) is 144 Å². The van der Waals surface area contributed by atoms with Crippen LogP contribution in [0.3, 0.4) is 0 Å². The lowest BCUT2D eigenvalue weighted by molar-refractivity contribution is 0.582. The molecule has 0 aliphatic rings. The second-order valence-electron chi connectivity index (χ2n) is 14.7. The van der Waals surface area contributed by atoms with Gasteiger partial charge in [0.05, 0.1) is 41.3 Å². The fraction of sp³-hybridized carbons (Fsp3) is 0. The molecule has 8 heterocycles. The van der Waals surface area contributed by atoms with Gasteiger partial charge in [0.15, 0.2) is 11.5 Å². The highest BCUT2D eigenvalue weighted by Gasteiger charge is 2.32. The van der Waals surface area contributed by atoms with Crippen molar-refractivity contribution in [2.75, 3.05) is 0 Å². The van der Waals surface area contributed by atoms with Crippen LogP contribution in [-0.2, 0) is 0 Å². The first-order chi connectivity index (χ1) is 29.2.